The minimum atomic E-state index is -4.56. The van der Waals surface area contributed by atoms with Gasteiger partial charge in [-0.25, -0.2) is 0 Å². The second-order valence-corrected chi connectivity index (χ2v) is 8.06. The van der Waals surface area contributed by atoms with Gasteiger partial charge in [0.05, 0.1) is 4.90 Å². The van der Waals surface area contributed by atoms with Gasteiger partial charge in [0.1, 0.15) is 11.5 Å². The van der Waals surface area contributed by atoms with Crippen LogP contribution in [0.5, 0.6) is 17.2 Å². The second kappa shape index (κ2) is 13.0. The van der Waals surface area contributed by atoms with Gasteiger partial charge in [0.25, 0.3) is 10.1 Å². The molecule has 2 aromatic rings. The van der Waals surface area contributed by atoms with E-state index in [9.17, 15) is 18.1 Å². The van der Waals surface area contributed by atoms with Crippen LogP contribution in [-0.4, -0.2) is 13.0 Å². The van der Waals surface area contributed by atoms with Gasteiger partial charge in [-0.1, -0.05) is 69.4 Å². The van der Waals surface area contributed by atoms with Crippen LogP contribution in [0.2, 0.25) is 0 Å². The summed E-state index contributed by atoms with van der Waals surface area (Å²) in [5, 5.41) is 12.1. The monoisotopic (exact) mass is 430 g/mol. The largest absolute Gasteiger partial charge is 1.00 e. The van der Waals surface area contributed by atoms with E-state index in [1.165, 1.54) is 31.7 Å². The molecule has 0 fully saturated rings. The van der Waals surface area contributed by atoms with Crippen LogP contribution in [-0.2, 0) is 16.5 Å². The summed E-state index contributed by atoms with van der Waals surface area (Å²) in [4.78, 5) is -0.596. The van der Waals surface area contributed by atoms with Crippen LogP contribution >= 0.6 is 0 Å². The first-order valence-corrected chi connectivity index (χ1v) is 10.9. The van der Waals surface area contributed by atoms with Gasteiger partial charge in [0.15, 0.2) is 0 Å². The maximum atomic E-state index is 12.1. The molecule has 0 aliphatic rings. The van der Waals surface area contributed by atoms with Crippen molar-refractivity contribution < 1.29 is 74.2 Å². The van der Waals surface area contributed by atoms with E-state index >= 15 is 0 Å². The molecule has 0 saturated heterocycles. The Morgan fingerprint density at radius 2 is 1.57 bits per heavy atom. The number of benzene rings is 2. The standard InChI is InChI=1S/C21H28O5S.K/c1-2-3-4-5-6-7-9-12-17-15-21(27(23,24)25)19(22)16-20(17)26-18-13-10-8-11-14-18;/h8,10-11,13-16,22H,2-7,9,12H2,1H3,(H,23,24,25);/q;+1/p-1. The Morgan fingerprint density at radius 1 is 0.964 bits per heavy atom. The summed E-state index contributed by atoms with van der Waals surface area (Å²) in [6.45, 7) is 2.18. The fraction of sp³-hybridized carbons (Fsp3) is 0.429. The Morgan fingerprint density at radius 3 is 2.18 bits per heavy atom. The first-order valence-electron chi connectivity index (χ1n) is 9.46. The van der Waals surface area contributed by atoms with Crippen molar-refractivity contribution in [3.63, 3.8) is 0 Å². The van der Waals surface area contributed by atoms with Crippen LogP contribution in [0.1, 0.15) is 57.4 Å². The van der Waals surface area contributed by atoms with Gasteiger partial charge < -0.3 is 9.84 Å². The summed E-state index contributed by atoms with van der Waals surface area (Å²) < 4.78 is 38.0. The molecule has 0 spiro atoms. The molecule has 2 aromatic carbocycles. The number of para-hydroxylation sites is 1. The molecule has 0 atom stereocenters. The smallest absolute Gasteiger partial charge is 0.871 e. The van der Waals surface area contributed by atoms with Crippen molar-refractivity contribution in [2.45, 2.75) is 63.2 Å². The zero-order valence-electron chi connectivity index (χ0n) is 16.7. The zero-order valence-corrected chi connectivity index (χ0v) is 20.6. The Kier molecular flexibility index (Phi) is 11.9. The summed E-state index contributed by atoms with van der Waals surface area (Å²) in [5.41, 5.74) is 0.611. The average Bonchev–Trinajstić information content (AvgIpc) is 2.62. The molecular weight excluding hydrogens is 403 g/mol. The Balaban J connectivity index is 0.00000392. The Hall–Kier alpha value is -0.414. The van der Waals surface area contributed by atoms with E-state index in [1.807, 2.05) is 18.2 Å². The van der Waals surface area contributed by atoms with E-state index in [1.54, 1.807) is 12.1 Å². The molecular formula is C21H27KO5S. The van der Waals surface area contributed by atoms with Gasteiger partial charge in [0, 0.05) is 0 Å². The van der Waals surface area contributed by atoms with Crippen LogP contribution in [0.15, 0.2) is 47.4 Å². The van der Waals surface area contributed by atoms with Gasteiger partial charge in [-0.15, -0.1) is 0 Å². The second-order valence-electron chi connectivity index (χ2n) is 6.67. The topological polar surface area (TPSA) is 86.7 Å². The SMILES string of the molecule is CCCCCCCCCc1cc(S(=O)(=O)O)c([O-])cc1Oc1ccccc1.[K+]. The number of ether oxygens (including phenoxy) is 1. The quantitative estimate of drug-likeness (QED) is 0.335. The van der Waals surface area contributed by atoms with E-state index in [0.29, 0.717) is 23.5 Å². The third kappa shape index (κ3) is 8.53. The molecule has 148 valence electrons. The number of hydrogen-bond acceptors (Lipinski definition) is 4. The molecule has 0 radical (unpaired) electrons. The van der Waals surface area contributed by atoms with Crippen molar-refractivity contribution in [2.75, 3.05) is 0 Å². The van der Waals surface area contributed by atoms with Crippen LogP contribution in [0.25, 0.3) is 0 Å². The number of aryl methyl sites for hydroxylation is 1. The van der Waals surface area contributed by atoms with E-state index in [2.05, 4.69) is 6.92 Å². The summed E-state index contributed by atoms with van der Waals surface area (Å²) >= 11 is 0. The summed E-state index contributed by atoms with van der Waals surface area (Å²) in [7, 11) is -4.56. The van der Waals surface area contributed by atoms with Crippen LogP contribution in [0.4, 0.5) is 0 Å². The molecule has 5 nitrogen and oxygen atoms in total. The Bertz CT molecular complexity index is 822. The normalized spacial score (nSPS) is 11.1. The van der Waals surface area contributed by atoms with Crippen molar-refractivity contribution >= 4 is 10.1 Å². The molecule has 2 rings (SSSR count). The maximum Gasteiger partial charge on any atom is 1.00 e. The molecule has 0 bridgehead atoms. The predicted octanol–water partition coefficient (Wildman–Crippen LogP) is 2.10. The minimum absolute atomic E-state index is 0. The van der Waals surface area contributed by atoms with Crippen molar-refractivity contribution in [1.82, 2.24) is 0 Å². The van der Waals surface area contributed by atoms with E-state index in [4.69, 9.17) is 4.74 Å². The van der Waals surface area contributed by atoms with E-state index in [0.717, 1.165) is 25.3 Å². The number of unbranched alkanes of at least 4 members (excludes halogenated alkanes) is 6. The average molecular weight is 431 g/mol. The maximum absolute atomic E-state index is 12.1. The van der Waals surface area contributed by atoms with Crippen molar-refractivity contribution in [3.8, 4) is 17.2 Å². The van der Waals surface area contributed by atoms with Gasteiger partial charge >= 0.3 is 51.4 Å². The summed E-state index contributed by atoms with van der Waals surface area (Å²) in [5.74, 6) is 0.133. The fourth-order valence-electron chi connectivity index (χ4n) is 2.96. The third-order valence-corrected chi connectivity index (χ3v) is 5.30. The van der Waals surface area contributed by atoms with Crippen LogP contribution < -0.4 is 61.2 Å². The first-order chi connectivity index (χ1) is 12.9. The molecule has 7 heteroatoms. The van der Waals surface area contributed by atoms with Gasteiger partial charge in [-0.2, -0.15) is 8.42 Å². The molecule has 0 aliphatic heterocycles. The minimum Gasteiger partial charge on any atom is -0.871 e. The molecule has 1 N–H and O–H groups in total. The van der Waals surface area contributed by atoms with Crippen LogP contribution in [0, 0.1) is 0 Å². The van der Waals surface area contributed by atoms with Gasteiger partial charge in [-0.3, -0.25) is 4.55 Å². The Labute approximate surface area is 210 Å². The first kappa shape index (κ1) is 25.6. The predicted molar refractivity (Wildman–Crippen MR) is 104 cm³/mol. The van der Waals surface area contributed by atoms with Gasteiger partial charge in [-0.05, 0) is 42.7 Å². The molecule has 0 aliphatic carbocycles. The van der Waals surface area contributed by atoms with E-state index in [-0.39, 0.29) is 51.4 Å². The summed E-state index contributed by atoms with van der Waals surface area (Å²) in [6.07, 6.45) is 8.47. The number of rotatable bonds is 11. The van der Waals surface area contributed by atoms with Crippen molar-refractivity contribution in [2.24, 2.45) is 0 Å². The number of hydrogen-bond donors (Lipinski definition) is 1. The molecule has 28 heavy (non-hydrogen) atoms. The molecule has 0 amide bonds. The zero-order chi connectivity index (χ0) is 19.7. The fourth-order valence-corrected chi connectivity index (χ4v) is 3.57. The van der Waals surface area contributed by atoms with Crippen molar-refractivity contribution in [1.29, 1.82) is 0 Å². The molecule has 0 aromatic heterocycles. The molecule has 0 heterocycles. The van der Waals surface area contributed by atoms with E-state index < -0.39 is 20.8 Å². The third-order valence-electron chi connectivity index (χ3n) is 4.43. The van der Waals surface area contributed by atoms with Crippen molar-refractivity contribution in [3.05, 3.63) is 48.0 Å². The molecule has 0 unspecified atom stereocenters. The van der Waals surface area contributed by atoms with Crippen LogP contribution in [0.3, 0.4) is 0 Å². The summed E-state index contributed by atoms with van der Waals surface area (Å²) in [6, 6.07) is 11.4. The van der Waals surface area contributed by atoms with Gasteiger partial charge in [0.2, 0.25) is 0 Å². The molecule has 0 saturated carbocycles.